The first-order valence-corrected chi connectivity index (χ1v) is 9.91. The number of para-hydroxylation sites is 2. The SMILES string of the molecule is O=c1c2ccccc2nc(C=Cc2ccc3c(c2)OCO3)n1-c1c(Cl)cccc1Cl. The van der Waals surface area contributed by atoms with Crippen LogP contribution < -0.4 is 15.0 Å². The minimum Gasteiger partial charge on any atom is -0.454 e. The molecule has 2 heterocycles. The first-order valence-electron chi connectivity index (χ1n) is 9.16. The number of hydrogen-bond donors (Lipinski definition) is 0. The Labute approximate surface area is 181 Å². The standard InChI is InChI=1S/C23H14Cl2N2O3/c24-16-5-3-6-17(25)22(16)27-21(26-18-7-2-1-4-15(18)23(27)28)11-9-14-8-10-19-20(12-14)30-13-29-19/h1-12H,13H2. The monoisotopic (exact) mass is 436 g/mol. The minimum atomic E-state index is -0.249. The molecule has 5 nitrogen and oxygen atoms in total. The van der Waals surface area contributed by atoms with E-state index < -0.39 is 0 Å². The van der Waals surface area contributed by atoms with Crippen molar-refractivity contribution in [3.05, 3.63) is 92.5 Å². The summed E-state index contributed by atoms with van der Waals surface area (Å²) < 4.78 is 12.2. The van der Waals surface area contributed by atoms with Gasteiger partial charge in [-0.15, -0.1) is 0 Å². The molecule has 0 aliphatic carbocycles. The molecule has 0 saturated carbocycles. The average Bonchev–Trinajstić information content (AvgIpc) is 3.22. The Balaban J connectivity index is 1.72. The van der Waals surface area contributed by atoms with Gasteiger partial charge in [0.25, 0.3) is 5.56 Å². The number of fused-ring (bicyclic) bond motifs is 2. The fourth-order valence-electron chi connectivity index (χ4n) is 3.37. The zero-order valence-corrected chi connectivity index (χ0v) is 17.0. The highest BCUT2D eigenvalue weighted by Gasteiger charge is 2.17. The first kappa shape index (κ1) is 18.7. The zero-order valence-electron chi connectivity index (χ0n) is 15.5. The lowest BCUT2D eigenvalue weighted by Crippen LogP contribution is -2.23. The summed E-state index contributed by atoms with van der Waals surface area (Å²) in [6, 6.07) is 17.9. The van der Waals surface area contributed by atoms with E-state index in [0.717, 1.165) is 5.56 Å². The maximum atomic E-state index is 13.4. The third-order valence-corrected chi connectivity index (χ3v) is 5.39. The van der Waals surface area contributed by atoms with E-state index >= 15 is 0 Å². The van der Waals surface area contributed by atoms with E-state index in [4.69, 9.17) is 32.7 Å². The van der Waals surface area contributed by atoms with Gasteiger partial charge in [0.1, 0.15) is 5.82 Å². The van der Waals surface area contributed by atoms with Crippen LogP contribution in [0.2, 0.25) is 10.0 Å². The molecule has 148 valence electrons. The topological polar surface area (TPSA) is 53.4 Å². The number of hydrogen-bond acceptors (Lipinski definition) is 4. The highest BCUT2D eigenvalue weighted by Crippen LogP contribution is 2.33. The molecule has 0 bridgehead atoms. The van der Waals surface area contributed by atoms with Crippen LogP contribution in [0, 0.1) is 0 Å². The summed E-state index contributed by atoms with van der Waals surface area (Å²) in [5.74, 6) is 1.79. The molecular weight excluding hydrogens is 423 g/mol. The molecule has 0 spiro atoms. The molecule has 0 fully saturated rings. The van der Waals surface area contributed by atoms with E-state index in [1.165, 1.54) is 4.57 Å². The number of benzene rings is 3. The first-order chi connectivity index (χ1) is 14.6. The Morgan fingerprint density at radius 2 is 1.67 bits per heavy atom. The number of aromatic nitrogens is 2. The predicted octanol–water partition coefficient (Wildman–Crippen LogP) is 5.59. The second-order valence-corrected chi connectivity index (χ2v) is 7.46. The maximum Gasteiger partial charge on any atom is 0.266 e. The van der Waals surface area contributed by atoms with Crippen molar-refractivity contribution in [1.29, 1.82) is 0 Å². The van der Waals surface area contributed by atoms with E-state index in [9.17, 15) is 4.79 Å². The smallest absolute Gasteiger partial charge is 0.266 e. The van der Waals surface area contributed by atoms with Crippen LogP contribution >= 0.6 is 23.2 Å². The molecule has 0 radical (unpaired) electrons. The molecule has 0 unspecified atom stereocenters. The summed E-state index contributed by atoms with van der Waals surface area (Å²) in [6.07, 6.45) is 3.60. The van der Waals surface area contributed by atoms with Crippen molar-refractivity contribution >= 4 is 46.3 Å². The fraction of sp³-hybridized carbons (Fsp3) is 0.0435. The summed E-state index contributed by atoms with van der Waals surface area (Å²) in [7, 11) is 0. The Hall–Kier alpha value is -3.28. The van der Waals surface area contributed by atoms with Gasteiger partial charge in [-0.25, -0.2) is 4.98 Å². The lowest BCUT2D eigenvalue weighted by Gasteiger charge is -2.14. The van der Waals surface area contributed by atoms with Crippen LogP contribution in [-0.4, -0.2) is 16.3 Å². The second-order valence-electron chi connectivity index (χ2n) is 6.64. The van der Waals surface area contributed by atoms with Gasteiger partial charge in [-0.05, 0) is 48.0 Å². The van der Waals surface area contributed by atoms with Crippen LogP contribution in [0.5, 0.6) is 11.5 Å². The van der Waals surface area contributed by atoms with Crippen molar-refractivity contribution in [2.24, 2.45) is 0 Å². The molecule has 0 atom stereocenters. The largest absolute Gasteiger partial charge is 0.454 e. The van der Waals surface area contributed by atoms with Gasteiger partial charge in [0.2, 0.25) is 6.79 Å². The van der Waals surface area contributed by atoms with E-state index in [2.05, 4.69) is 4.98 Å². The van der Waals surface area contributed by atoms with Gasteiger partial charge >= 0.3 is 0 Å². The highest BCUT2D eigenvalue weighted by atomic mass is 35.5. The number of nitrogens with zero attached hydrogens (tertiary/aromatic N) is 2. The van der Waals surface area contributed by atoms with Crippen LogP contribution in [0.3, 0.4) is 0 Å². The summed E-state index contributed by atoms with van der Waals surface area (Å²) in [5, 5.41) is 1.20. The Kier molecular flexibility index (Phi) is 4.69. The van der Waals surface area contributed by atoms with Crippen molar-refractivity contribution in [3.8, 4) is 17.2 Å². The number of ether oxygens (including phenoxy) is 2. The van der Waals surface area contributed by atoms with Crippen molar-refractivity contribution in [2.75, 3.05) is 6.79 Å². The molecule has 7 heteroatoms. The van der Waals surface area contributed by atoms with Gasteiger partial charge < -0.3 is 9.47 Å². The lowest BCUT2D eigenvalue weighted by atomic mass is 10.1. The molecule has 4 aromatic rings. The number of halogens is 2. The summed E-state index contributed by atoms with van der Waals surface area (Å²) in [6.45, 7) is 0.208. The van der Waals surface area contributed by atoms with E-state index in [1.807, 2.05) is 30.3 Å². The Bertz CT molecular complexity index is 1360. The van der Waals surface area contributed by atoms with Crippen molar-refractivity contribution in [2.45, 2.75) is 0 Å². The molecule has 3 aromatic carbocycles. The Morgan fingerprint density at radius 1 is 0.900 bits per heavy atom. The lowest BCUT2D eigenvalue weighted by molar-refractivity contribution is 0.174. The molecule has 5 rings (SSSR count). The van der Waals surface area contributed by atoms with Gasteiger partial charge in [-0.1, -0.05) is 53.5 Å². The van der Waals surface area contributed by atoms with Crippen LogP contribution in [0.4, 0.5) is 0 Å². The minimum absolute atomic E-state index is 0.208. The third-order valence-electron chi connectivity index (χ3n) is 4.78. The van der Waals surface area contributed by atoms with E-state index in [-0.39, 0.29) is 12.4 Å². The van der Waals surface area contributed by atoms with Crippen molar-refractivity contribution in [3.63, 3.8) is 0 Å². The van der Waals surface area contributed by atoms with Gasteiger partial charge in [-0.3, -0.25) is 9.36 Å². The second kappa shape index (κ2) is 7.52. The van der Waals surface area contributed by atoms with Crippen molar-refractivity contribution in [1.82, 2.24) is 9.55 Å². The normalized spacial score (nSPS) is 12.7. The predicted molar refractivity (Wildman–Crippen MR) is 119 cm³/mol. The van der Waals surface area contributed by atoms with Crippen LogP contribution in [0.25, 0.3) is 28.7 Å². The third kappa shape index (κ3) is 3.22. The molecule has 1 aliphatic rings. The summed E-state index contributed by atoms with van der Waals surface area (Å²) >= 11 is 12.8. The molecule has 0 amide bonds. The summed E-state index contributed by atoms with van der Waals surface area (Å²) in [4.78, 5) is 18.0. The Morgan fingerprint density at radius 3 is 2.50 bits per heavy atom. The maximum absolute atomic E-state index is 13.4. The zero-order chi connectivity index (χ0) is 20.7. The van der Waals surface area contributed by atoms with Gasteiger partial charge in [0.15, 0.2) is 11.5 Å². The van der Waals surface area contributed by atoms with E-state index in [1.54, 1.807) is 42.5 Å². The quantitative estimate of drug-likeness (QED) is 0.419. The number of rotatable bonds is 3. The summed E-state index contributed by atoms with van der Waals surface area (Å²) in [5.41, 5.74) is 1.61. The average molecular weight is 437 g/mol. The van der Waals surface area contributed by atoms with Gasteiger partial charge in [0, 0.05) is 0 Å². The molecular formula is C23H14Cl2N2O3. The van der Waals surface area contributed by atoms with E-state index in [0.29, 0.717) is 44.0 Å². The molecule has 30 heavy (non-hydrogen) atoms. The molecule has 0 N–H and O–H groups in total. The molecule has 0 saturated heterocycles. The highest BCUT2D eigenvalue weighted by molar-refractivity contribution is 6.37. The van der Waals surface area contributed by atoms with Gasteiger partial charge in [-0.2, -0.15) is 0 Å². The van der Waals surface area contributed by atoms with Crippen molar-refractivity contribution < 1.29 is 9.47 Å². The van der Waals surface area contributed by atoms with Crippen LogP contribution in [-0.2, 0) is 0 Å². The van der Waals surface area contributed by atoms with Gasteiger partial charge in [0.05, 0.1) is 26.6 Å². The fourth-order valence-corrected chi connectivity index (χ4v) is 3.93. The van der Waals surface area contributed by atoms with Crippen LogP contribution in [0.15, 0.2) is 65.5 Å². The van der Waals surface area contributed by atoms with Crippen LogP contribution in [0.1, 0.15) is 11.4 Å². The molecule has 1 aromatic heterocycles. The molecule has 1 aliphatic heterocycles.